The van der Waals surface area contributed by atoms with Crippen molar-refractivity contribution in [3.8, 4) is 0 Å². The number of nitrogens with one attached hydrogen (secondary N) is 1. The van der Waals surface area contributed by atoms with Crippen LogP contribution in [0.5, 0.6) is 0 Å². The van der Waals surface area contributed by atoms with Gasteiger partial charge in [0.1, 0.15) is 0 Å². The zero-order valence-electron chi connectivity index (χ0n) is 12.1. The molecule has 0 aromatic rings. The minimum absolute atomic E-state index is 0.200. The summed E-state index contributed by atoms with van der Waals surface area (Å²) in [7, 11) is 0. The van der Waals surface area contributed by atoms with Gasteiger partial charge in [0.05, 0.1) is 17.4 Å². The lowest BCUT2D eigenvalue weighted by atomic mass is 9.94. The normalized spacial score (nSPS) is 32.2. The van der Waals surface area contributed by atoms with E-state index in [0.29, 0.717) is 18.8 Å². The van der Waals surface area contributed by atoms with Crippen molar-refractivity contribution in [2.24, 2.45) is 17.8 Å². The van der Waals surface area contributed by atoms with Crippen molar-refractivity contribution in [2.45, 2.75) is 57.5 Å². The zero-order chi connectivity index (χ0) is 14.8. The Labute approximate surface area is 119 Å². The third kappa shape index (κ3) is 3.32. The highest BCUT2D eigenvalue weighted by Crippen LogP contribution is 2.38. The molecule has 114 valence electrons. The number of aliphatic carboxylic acids is 1. The second-order valence-corrected chi connectivity index (χ2v) is 6.45. The van der Waals surface area contributed by atoms with E-state index >= 15 is 0 Å². The highest BCUT2D eigenvalue weighted by atomic mass is 16.4. The van der Waals surface area contributed by atoms with Crippen LogP contribution in [0.2, 0.25) is 0 Å². The van der Waals surface area contributed by atoms with Gasteiger partial charge in [0.2, 0.25) is 5.91 Å². The Balaban J connectivity index is 1.91. The van der Waals surface area contributed by atoms with Gasteiger partial charge in [0.25, 0.3) is 0 Å². The van der Waals surface area contributed by atoms with E-state index in [-0.39, 0.29) is 12.5 Å². The molecule has 2 rings (SSSR count). The van der Waals surface area contributed by atoms with E-state index in [1.165, 1.54) is 0 Å². The van der Waals surface area contributed by atoms with E-state index in [1.807, 2.05) is 6.92 Å². The fourth-order valence-corrected chi connectivity index (χ4v) is 3.63. The Hall–Kier alpha value is -1.10. The van der Waals surface area contributed by atoms with Crippen LogP contribution in [0.15, 0.2) is 0 Å². The van der Waals surface area contributed by atoms with Crippen LogP contribution in [0.4, 0.5) is 0 Å². The van der Waals surface area contributed by atoms with Gasteiger partial charge in [-0.15, -0.1) is 0 Å². The lowest BCUT2D eigenvalue weighted by Gasteiger charge is -2.24. The highest BCUT2D eigenvalue weighted by Gasteiger charge is 2.42. The molecule has 2 aliphatic carbocycles. The van der Waals surface area contributed by atoms with Crippen molar-refractivity contribution < 1.29 is 19.8 Å². The molecule has 2 aliphatic rings. The second kappa shape index (κ2) is 6.12. The first-order chi connectivity index (χ1) is 9.45. The Morgan fingerprint density at radius 1 is 1.20 bits per heavy atom. The van der Waals surface area contributed by atoms with E-state index in [9.17, 15) is 19.8 Å². The molecule has 0 heterocycles. The predicted molar refractivity (Wildman–Crippen MR) is 74.1 cm³/mol. The summed E-state index contributed by atoms with van der Waals surface area (Å²) in [5, 5.41) is 22.3. The number of hydrogen-bond donors (Lipinski definition) is 3. The molecule has 0 aromatic carbocycles. The standard InChI is InChI=1S/C15H25NO4/c1-2-10-7-11(12(8-10)14(18)19)13(17)16-9-15(20)5-3-4-6-15/h10-12,20H,2-9H2,1H3,(H,16,17)(H,18,19). The molecular weight excluding hydrogens is 258 g/mol. The molecule has 3 N–H and O–H groups in total. The molecule has 0 bridgehead atoms. The Bertz CT molecular complexity index is 376. The Morgan fingerprint density at radius 3 is 2.35 bits per heavy atom. The third-order valence-electron chi connectivity index (χ3n) is 5.02. The summed E-state index contributed by atoms with van der Waals surface area (Å²) in [5.41, 5.74) is -0.781. The molecule has 2 fully saturated rings. The monoisotopic (exact) mass is 283 g/mol. The first kappa shape index (κ1) is 15.3. The summed E-state index contributed by atoms with van der Waals surface area (Å²) in [6, 6.07) is 0. The number of carbonyl (C=O) groups excluding carboxylic acids is 1. The van der Waals surface area contributed by atoms with E-state index in [2.05, 4.69) is 5.32 Å². The van der Waals surface area contributed by atoms with Crippen molar-refractivity contribution in [1.29, 1.82) is 0 Å². The van der Waals surface area contributed by atoms with Crippen LogP contribution < -0.4 is 5.32 Å². The maximum Gasteiger partial charge on any atom is 0.307 e. The molecule has 0 saturated heterocycles. The fraction of sp³-hybridized carbons (Fsp3) is 0.867. The first-order valence-corrected chi connectivity index (χ1v) is 7.68. The van der Waals surface area contributed by atoms with Gasteiger partial charge in [-0.25, -0.2) is 0 Å². The summed E-state index contributed by atoms with van der Waals surface area (Å²) < 4.78 is 0. The summed E-state index contributed by atoms with van der Waals surface area (Å²) in [6.45, 7) is 2.29. The van der Waals surface area contributed by atoms with Crippen molar-refractivity contribution in [1.82, 2.24) is 5.32 Å². The van der Waals surface area contributed by atoms with Gasteiger partial charge < -0.3 is 15.5 Å². The molecular formula is C15H25NO4. The molecule has 1 amide bonds. The average Bonchev–Trinajstić information content (AvgIpc) is 3.02. The molecule has 0 aromatic heterocycles. The highest BCUT2D eigenvalue weighted by molar-refractivity contribution is 5.85. The van der Waals surface area contributed by atoms with Crippen LogP contribution in [0.3, 0.4) is 0 Å². The van der Waals surface area contributed by atoms with E-state index in [1.54, 1.807) is 0 Å². The van der Waals surface area contributed by atoms with Gasteiger partial charge in [-0.3, -0.25) is 9.59 Å². The fourth-order valence-electron chi connectivity index (χ4n) is 3.63. The number of hydrogen-bond acceptors (Lipinski definition) is 3. The van der Waals surface area contributed by atoms with Crippen LogP contribution in [-0.4, -0.2) is 34.2 Å². The molecule has 20 heavy (non-hydrogen) atoms. The molecule has 3 unspecified atom stereocenters. The molecule has 0 spiro atoms. The summed E-state index contributed by atoms with van der Waals surface area (Å²) in [5.74, 6) is -1.77. The number of amides is 1. The van der Waals surface area contributed by atoms with Crippen molar-refractivity contribution in [3.05, 3.63) is 0 Å². The summed E-state index contributed by atoms with van der Waals surface area (Å²) in [4.78, 5) is 23.5. The molecule has 5 nitrogen and oxygen atoms in total. The minimum atomic E-state index is -0.874. The largest absolute Gasteiger partial charge is 0.481 e. The van der Waals surface area contributed by atoms with Crippen LogP contribution in [0, 0.1) is 17.8 Å². The summed E-state index contributed by atoms with van der Waals surface area (Å²) in [6.07, 6.45) is 5.58. The average molecular weight is 283 g/mol. The van der Waals surface area contributed by atoms with Crippen LogP contribution in [0.25, 0.3) is 0 Å². The number of aliphatic hydroxyl groups is 1. The molecule has 0 radical (unpaired) electrons. The molecule has 3 atom stereocenters. The van der Waals surface area contributed by atoms with Gasteiger partial charge >= 0.3 is 5.97 Å². The van der Waals surface area contributed by atoms with Gasteiger partial charge in [0.15, 0.2) is 0 Å². The van der Waals surface area contributed by atoms with Crippen LogP contribution >= 0.6 is 0 Å². The first-order valence-electron chi connectivity index (χ1n) is 7.68. The smallest absolute Gasteiger partial charge is 0.307 e. The van der Waals surface area contributed by atoms with Gasteiger partial charge in [-0.1, -0.05) is 26.2 Å². The van der Waals surface area contributed by atoms with Crippen LogP contribution in [0.1, 0.15) is 51.9 Å². The van der Waals surface area contributed by atoms with E-state index in [0.717, 1.165) is 32.1 Å². The topological polar surface area (TPSA) is 86.6 Å². The molecule has 2 saturated carbocycles. The van der Waals surface area contributed by atoms with E-state index in [4.69, 9.17) is 0 Å². The SMILES string of the molecule is CCC1CC(C(=O)O)C(C(=O)NCC2(O)CCCC2)C1. The molecule has 5 heteroatoms. The van der Waals surface area contributed by atoms with Gasteiger partial charge in [-0.2, -0.15) is 0 Å². The number of carboxylic acid groups (broad SMARTS) is 1. The predicted octanol–water partition coefficient (Wildman–Crippen LogP) is 1.54. The van der Waals surface area contributed by atoms with Crippen molar-refractivity contribution >= 4 is 11.9 Å². The lowest BCUT2D eigenvalue weighted by molar-refractivity contribution is -0.146. The number of carboxylic acids is 1. The van der Waals surface area contributed by atoms with Gasteiger partial charge in [0, 0.05) is 6.54 Å². The van der Waals surface area contributed by atoms with E-state index < -0.39 is 23.4 Å². The minimum Gasteiger partial charge on any atom is -0.481 e. The molecule has 0 aliphatic heterocycles. The van der Waals surface area contributed by atoms with Crippen LogP contribution in [-0.2, 0) is 9.59 Å². The third-order valence-corrected chi connectivity index (χ3v) is 5.02. The maximum atomic E-state index is 12.2. The van der Waals surface area contributed by atoms with Gasteiger partial charge in [-0.05, 0) is 31.6 Å². The zero-order valence-corrected chi connectivity index (χ0v) is 12.1. The second-order valence-electron chi connectivity index (χ2n) is 6.45. The number of carbonyl (C=O) groups is 2. The maximum absolute atomic E-state index is 12.2. The van der Waals surface area contributed by atoms with Crippen molar-refractivity contribution in [3.63, 3.8) is 0 Å². The quantitative estimate of drug-likeness (QED) is 0.714. The number of rotatable bonds is 5. The summed E-state index contributed by atoms with van der Waals surface area (Å²) >= 11 is 0. The lowest BCUT2D eigenvalue weighted by Crippen LogP contribution is -2.44. The van der Waals surface area contributed by atoms with Crippen molar-refractivity contribution in [2.75, 3.05) is 6.54 Å². The Kier molecular flexibility index (Phi) is 4.68. The Morgan fingerprint density at radius 2 is 1.80 bits per heavy atom.